The van der Waals surface area contributed by atoms with Crippen LogP contribution in [-0.4, -0.2) is 45.0 Å². The standard InChI is InChI=1S/C11H16N4O4/c1-11(2,6-16)14(3)10(17)7-4-9(12)13-5-8(7)15(18)19/h4-5,16H,6H2,1-3H3,(H2,12,13). The first-order valence-corrected chi connectivity index (χ1v) is 5.49. The Morgan fingerprint density at radius 1 is 1.63 bits per heavy atom. The molecule has 0 aromatic carbocycles. The Labute approximate surface area is 110 Å². The zero-order chi connectivity index (χ0) is 14.8. The second-order valence-electron chi connectivity index (χ2n) is 4.72. The molecule has 104 valence electrons. The molecule has 0 radical (unpaired) electrons. The lowest BCUT2D eigenvalue weighted by Gasteiger charge is -2.33. The summed E-state index contributed by atoms with van der Waals surface area (Å²) in [5.74, 6) is -0.580. The van der Waals surface area contributed by atoms with Crippen molar-refractivity contribution in [1.82, 2.24) is 9.88 Å². The number of likely N-dealkylation sites (N-methyl/N-ethyl adjacent to an activating group) is 1. The molecule has 3 N–H and O–H groups in total. The van der Waals surface area contributed by atoms with Gasteiger partial charge in [0.25, 0.3) is 11.6 Å². The maximum Gasteiger partial charge on any atom is 0.300 e. The van der Waals surface area contributed by atoms with Gasteiger partial charge in [-0.25, -0.2) is 4.98 Å². The Balaban J connectivity index is 3.26. The van der Waals surface area contributed by atoms with Crippen LogP contribution < -0.4 is 5.73 Å². The number of nitrogens with two attached hydrogens (primary N) is 1. The van der Waals surface area contributed by atoms with E-state index in [1.165, 1.54) is 11.9 Å². The van der Waals surface area contributed by atoms with E-state index in [0.717, 1.165) is 12.3 Å². The SMILES string of the molecule is CN(C(=O)c1cc(N)ncc1[N+](=O)[O-])C(C)(C)CO. The molecular weight excluding hydrogens is 252 g/mol. The number of aromatic nitrogens is 1. The molecule has 0 saturated carbocycles. The van der Waals surface area contributed by atoms with Crippen molar-refractivity contribution in [2.75, 3.05) is 19.4 Å². The summed E-state index contributed by atoms with van der Waals surface area (Å²) in [6.07, 6.45) is 0.947. The van der Waals surface area contributed by atoms with Crippen molar-refractivity contribution in [2.45, 2.75) is 19.4 Å². The summed E-state index contributed by atoms with van der Waals surface area (Å²) in [6, 6.07) is 1.16. The van der Waals surface area contributed by atoms with Gasteiger partial charge in [-0.15, -0.1) is 0 Å². The van der Waals surface area contributed by atoms with Crippen LogP contribution in [0.4, 0.5) is 11.5 Å². The Morgan fingerprint density at radius 2 is 2.21 bits per heavy atom. The molecule has 1 amide bonds. The minimum atomic E-state index is -0.844. The quantitative estimate of drug-likeness (QED) is 0.602. The van der Waals surface area contributed by atoms with Crippen molar-refractivity contribution in [2.24, 2.45) is 0 Å². The normalized spacial score (nSPS) is 11.2. The monoisotopic (exact) mass is 268 g/mol. The van der Waals surface area contributed by atoms with Crippen molar-refractivity contribution in [3.8, 4) is 0 Å². The van der Waals surface area contributed by atoms with E-state index >= 15 is 0 Å². The lowest BCUT2D eigenvalue weighted by molar-refractivity contribution is -0.385. The van der Waals surface area contributed by atoms with Crippen LogP contribution in [0.3, 0.4) is 0 Å². The molecule has 0 atom stereocenters. The Bertz CT molecular complexity index is 515. The number of carbonyl (C=O) groups excluding carboxylic acids is 1. The molecule has 1 rings (SSSR count). The summed E-state index contributed by atoms with van der Waals surface area (Å²) in [5.41, 5.74) is 4.04. The van der Waals surface area contributed by atoms with Crippen LogP contribution in [0.5, 0.6) is 0 Å². The van der Waals surface area contributed by atoms with Crippen molar-refractivity contribution in [3.05, 3.63) is 27.9 Å². The summed E-state index contributed by atoms with van der Waals surface area (Å²) >= 11 is 0. The van der Waals surface area contributed by atoms with Crippen LogP contribution in [-0.2, 0) is 0 Å². The molecule has 1 aromatic heterocycles. The molecule has 0 aliphatic carbocycles. The number of nitrogen functional groups attached to an aromatic ring is 1. The van der Waals surface area contributed by atoms with Crippen LogP contribution in [0.1, 0.15) is 24.2 Å². The molecule has 0 fully saturated rings. The van der Waals surface area contributed by atoms with E-state index in [2.05, 4.69) is 4.98 Å². The first kappa shape index (κ1) is 14.8. The summed E-state index contributed by atoms with van der Waals surface area (Å²) in [5, 5.41) is 20.1. The van der Waals surface area contributed by atoms with Crippen molar-refractivity contribution >= 4 is 17.4 Å². The molecule has 1 heterocycles. The van der Waals surface area contributed by atoms with Crippen molar-refractivity contribution in [3.63, 3.8) is 0 Å². The molecule has 0 saturated heterocycles. The molecule has 8 heteroatoms. The molecular formula is C11H16N4O4. The van der Waals surface area contributed by atoms with Crippen molar-refractivity contribution in [1.29, 1.82) is 0 Å². The highest BCUT2D eigenvalue weighted by atomic mass is 16.6. The third-order valence-corrected chi connectivity index (χ3v) is 2.93. The van der Waals surface area contributed by atoms with Gasteiger partial charge in [0.05, 0.1) is 17.1 Å². The molecule has 1 aromatic rings. The van der Waals surface area contributed by atoms with E-state index in [4.69, 9.17) is 5.73 Å². The van der Waals surface area contributed by atoms with Crippen molar-refractivity contribution < 1.29 is 14.8 Å². The van der Waals surface area contributed by atoms with Crippen LogP contribution in [0.25, 0.3) is 0 Å². The Hall–Kier alpha value is -2.22. The topological polar surface area (TPSA) is 123 Å². The van der Waals surface area contributed by atoms with E-state index in [1.54, 1.807) is 13.8 Å². The van der Waals surface area contributed by atoms with E-state index in [0.29, 0.717) is 0 Å². The number of aliphatic hydroxyl groups is 1. The van der Waals surface area contributed by atoms with Gasteiger partial charge >= 0.3 is 0 Å². The van der Waals surface area contributed by atoms with Gasteiger partial charge in [-0.2, -0.15) is 0 Å². The smallest absolute Gasteiger partial charge is 0.300 e. The van der Waals surface area contributed by atoms with E-state index in [9.17, 15) is 20.0 Å². The predicted octanol–water partition coefficient (Wildman–Crippen LogP) is 0.415. The minimum Gasteiger partial charge on any atom is -0.394 e. The second-order valence-corrected chi connectivity index (χ2v) is 4.72. The minimum absolute atomic E-state index is 0.0177. The largest absolute Gasteiger partial charge is 0.394 e. The fraction of sp³-hybridized carbons (Fsp3) is 0.455. The first-order chi connectivity index (χ1) is 8.70. The summed E-state index contributed by atoms with van der Waals surface area (Å²) in [4.78, 5) is 27.3. The average Bonchev–Trinajstić information content (AvgIpc) is 2.36. The highest BCUT2D eigenvalue weighted by molar-refractivity contribution is 5.98. The highest BCUT2D eigenvalue weighted by Crippen LogP contribution is 2.23. The number of anilines is 1. The number of nitro groups is 1. The third-order valence-electron chi connectivity index (χ3n) is 2.93. The van der Waals surface area contributed by atoms with Crippen LogP contribution in [0, 0.1) is 10.1 Å². The van der Waals surface area contributed by atoms with Gasteiger partial charge in [-0.05, 0) is 19.9 Å². The number of amides is 1. The van der Waals surface area contributed by atoms with E-state index in [-0.39, 0.29) is 18.0 Å². The lowest BCUT2D eigenvalue weighted by Crippen LogP contribution is -2.47. The number of pyridine rings is 1. The number of aliphatic hydroxyl groups excluding tert-OH is 1. The molecule has 19 heavy (non-hydrogen) atoms. The molecule has 0 bridgehead atoms. The predicted molar refractivity (Wildman–Crippen MR) is 68.6 cm³/mol. The van der Waals surface area contributed by atoms with Gasteiger partial charge in [0.2, 0.25) is 0 Å². The fourth-order valence-electron chi connectivity index (χ4n) is 1.34. The molecule has 8 nitrogen and oxygen atoms in total. The van der Waals surface area contributed by atoms with E-state index < -0.39 is 22.1 Å². The Kier molecular flexibility index (Phi) is 4.05. The third kappa shape index (κ3) is 2.97. The van der Waals surface area contributed by atoms with Gasteiger partial charge in [0, 0.05) is 7.05 Å². The molecule has 0 unspecified atom stereocenters. The number of carbonyl (C=O) groups is 1. The number of hydrogen-bond donors (Lipinski definition) is 2. The summed E-state index contributed by atoms with van der Waals surface area (Å²) in [7, 11) is 1.46. The Morgan fingerprint density at radius 3 is 2.68 bits per heavy atom. The van der Waals surface area contributed by atoms with Gasteiger partial charge in [0.1, 0.15) is 17.6 Å². The van der Waals surface area contributed by atoms with Gasteiger partial charge < -0.3 is 15.7 Å². The fourth-order valence-corrected chi connectivity index (χ4v) is 1.34. The molecule has 0 spiro atoms. The number of hydrogen-bond acceptors (Lipinski definition) is 6. The average molecular weight is 268 g/mol. The molecule has 0 aliphatic rings. The molecule has 0 aliphatic heterocycles. The number of nitrogens with zero attached hydrogens (tertiary/aromatic N) is 3. The second kappa shape index (κ2) is 5.19. The summed E-state index contributed by atoms with van der Waals surface area (Å²) < 4.78 is 0. The van der Waals surface area contributed by atoms with Crippen LogP contribution >= 0.6 is 0 Å². The zero-order valence-corrected chi connectivity index (χ0v) is 11.0. The lowest BCUT2D eigenvalue weighted by atomic mass is 10.0. The maximum atomic E-state index is 12.3. The first-order valence-electron chi connectivity index (χ1n) is 5.49. The highest BCUT2D eigenvalue weighted by Gasteiger charge is 2.31. The summed E-state index contributed by atoms with van der Waals surface area (Å²) in [6.45, 7) is 3.01. The van der Waals surface area contributed by atoms with E-state index in [1.807, 2.05) is 0 Å². The van der Waals surface area contributed by atoms with Gasteiger partial charge in [-0.3, -0.25) is 14.9 Å². The number of rotatable bonds is 4. The maximum absolute atomic E-state index is 12.3. The van der Waals surface area contributed by atoms with Gasteiger partial charge in [0.15, 0.2) is 0 Å². The zero-order valence-electron chi connectivity index (χ0n) is 11.0. The van der Waals surface area contributed by atoms with Crippen LogP contribution in [0.15, 0.2) is 12.3 Å². The van der Waals surface area contributed by atoms with Gasteiger partial charge in [-0.1, -0.05) is 0 Å². The van der Waals surface area contributed by atoms with Crippen LogP contribution in [0.2, 0.25) is 0 Å².